The van der Waals surface area contributed by atoms with Gasteiger partial charge in [-0.05, 0) is 98.6 Å². The number of hydrazine groups is 1. The van der Waals surface area contributed by atoms with Crippen molar-refractivity contribution >= 4 is 29.2 Å². The molecular formula is C45H57F3N6O5. The molecule has 2 saturated heterocycles. The maximum atomic E-state index is 14.6. The number of ether oxygens (including phenoxy) is 2. The van der Waals surface area contributed by atoms with E-state index in [1.165, 1.54) is 4.57 Å². The van der Waals surface area contributed by atoms with Crippen LogP contribution in [0, 0.1) is 11.3 Å². The number of alkyl halides is 3. The maximum absolute atomic E-state index is 14.6. The van der Waals surface area contributed by atoms with Crippen molar-refractivity contribution in [1.29, 1.82) is 0 Å². The van der Waals surface area contributed by atoms with E-state index in [4.69, 9.17) is 9.47 Å². The van der Waals surface area contributed by atoms with Crippen molar-refractivity contribution in [2.75, 3.05) is 40.4 Å². The third-order valence-electron chi connectivity index (χ3n) is 11.2. The Morgan fingerprint density at radius 2 is 1.85 bits per heavy atom. The number of nitrogens with zero attached hydrogens (tertiary/aromatic N) is 4. The zero-order valence-corrected chi connectivity index (χ0v) is 34.9. The van der Waals surface area contributed by atoms with Crippen LogP contribution in [0.1, 0.15) is 76.3 Å². The summed E-state index contributed by atoms with van der Waals surface area (Å²) in [6.07, 6.45) is 0.602. The Bertz CT molecular complexity index is 2100. The number of aromatic nitrogens is 2. The lowest BCUT2D eigenvalue weighted by Crippen LogP contribution is -2.58. The van der Waals surface area contributed by atoms with Gasteiger partial charge in [0.2, 0.25) is 5.91 Å². The van der Waals surface area contributed by atoms with E-state index in [2.05, 4.69) is 15.7 Å². The molecule has 2 amide bonds. The summed E-state index contributed by atoms with van der Waals surface area (Å²) in [5, 5.41) is 5.30. The van der Waals surface area contributed by atoms with Crippen LogP contribution in [0.5, 0.6) is 0 Å². The van der Waals surface area contributed by atoms with Crippen LogP contribution in [-0.2, 0) is 43.2 Å². The average Bonchev–Trinajstić information content (AvgIpc) is 3.83. The molecule has 2 fully saturated rings. The summed E-state index contributed by atoms with van der Waals surface area (Å²) in [6.45, 7) is 8.75. The smallest absolute Gasteiger partial charge is 0.406 e. The van der Waals surface area contributed by atoms with Gasteiger partial charge in [-0.1, -0.05) is 58.0 Å². The van der Waals surface area contributed by atoms with Gasteiger partial charge in [0.15, 0.2) is 0 Å². The van der Waals surface area contributed by atoms with Gasteiger partial charge in [0.25, 0.3) is 12.4 Å². The van der Waals surface area contributed by atoms with Crippen molar-refractivity contribution in [3.05, 3.63) is 77.6 Å². The second-order valence-corrected chi connectivity index (χ2v) is 17.2. The number of pyridine rings is 1. The lowest BCUT2D eigenvalue weighted by molar-refractivity contribution is -0.141. The number of amides is 2. The SMILES string of the molecule is CC(C)C(C(=O)NC(Cc1cccc(-c2ccc3c(c2)c(CC(C)(C)COC=O)c(-c2cccnc2C2CCCO2)n3CC(F)(F)F)c1)C(=O)N1CCCCN1)N(C)C. The van der Waals surface area contributed by atoms with Gasteiger partial charge in [0.05, 0.1) is 24.0 Å². The monoisotopic (exact) mass is 818 g/mol. The topological polar surface area (TPSA) is 118 Å². The van der Waals surface area contributed by atoms with Gasteiger partial charge in [-0.25, -0.2) is 5.43 Å². The molecule has 3 atom stereocenters. The fourth-order valence-electron chi connectivity index (χ4n) is 8.66. The first kappa shape index (κ1) is 43.8. The molecule has 3 unspecified atom stereocenters. The molecule has 4 heterocycles. The van der Waals surface area contributed by atoms with Crippen molar-refractivity contribution in [2.45, 2.75) is 97.1 Å². The normalized spacial score (nSPS) is 17.4. The Hall–Kier alpha value is -4.79. The zero-order valence-electron chi connectivity index (χ0n) is 34.9. The molecule has 59 heavy (non-hydrogen) atoms. The Morgan fingerprint density at radius 1 is 1.07 bits per heavy atom. The van der Waals surface area contributed by atoms with Crippen LogP contribution in [0.15, 0.2) is 60.8 Å². The minimum absolute atomic E-state index is 0.00687. The number of hydrogen-bond acceptors (Lipinski definition) is 8. The quantitative estimate of drug-likeness (QED) is 0.114. The fourth-order valence-corrected chi connectivity index (χ4v) is 8.66. The highest BCUT2D eigenvalue weighted by Gasteiger charge is 2.36. The van der Waals surface area contributed by atoms with E-state index in [1.807, 2.05) is 89.2 Å². The van der Waals surface area contributed by atoms with Gasteiger partial charge in [0, 0.05) is 54.2 Å². The van der Waals surface area contributed by atoms with E-state index < -0.39 is 30.2 Å². The molecule has 2 aromatic heterocycles. The molecule has 2 aliphatic heterocycles. The van der Waals surface area contributed by atoms with Crippen LogP contribution in [-0.4, -0.2) is 96.4 Å². The first-order valence-electron chi connectivity index (χ1n) is 20.5. The van der Waals surface area contributed by atoms with Crippen LogP contribution in [0.3, 0.4) is 0 Å². The second kappa shape index (κ2) is 18.6. The Morgan fingerprint density at radius 3 is 2.51 bits per heavy atom. The molecule has 318 valence electrons. The van der Waals surface area contributed by atoms with Crippen molar-refractivity contribution < 1.29 is 37.0 Å². The first-order chi connectivity index (χ1) is 28.1. The standard InChI is InChI=1S/C45H57F3N6O5/c1-29(2)40(52(5)6)42(56)51-36(43(57)54-20-8-7-19-50-54)23-30-12-9-13-31(22-30)32-16-17-37-34(24-32)35(25-44(3,4)27-58-28-55)41(53(37)26-45(46,47)48)33-14-10-18-49-39(33)38-15-11-21-59-38/h9-10,12-14,16-18,22,24,28-29,36,38,40,50H,7-8,11,15,19-21,23,25-27H2,1-6H3,(H,51,56). The number of rotatable bonds is 16. The van der Waals surface area contributed by atoms with Crippen LogP contribution in [0.4, 0.5) is 13.2 Å². The van der Waals surface area contributed by atoms with E-state index in [-0.39, 0.29) is 36.9 Å². The van der Waals surface area contributed by atoms with E-state index in [9.17, 15) is 27.6 Å². The van der Waals surface area contributed by atoms with Gasteiger partial charge in [-0.15, -0.1) is 0 Å². The first-order valence-corrected chi connectivity index (χ1v) is 20.5. The molecule has 4 aromatic rings. The van der Waals surface area contributed by atoms with Crippen LogP contribution in [0.25, 0.3) is 33.3 Å². The van der Waals surface area contributed by atoms with Gasteiger partial charge < -0.3 is 19.4 Å². The maximum Gasteiger partial charge on any atom is 0.406 e. The predicted octanol–water partition coefficient (Wildman–Crippen LogP) is 7.27. The van der Waals surface area contributed by atoms with E-state index in [0.717, 1.165) is 36.0 Å². The summed E-state index contributed by atoms with van der Waals surface area (Å²) in [5.74, 6) is -0.438. The highest BCUT2D eigenvalue weighted by atomic mass is 19.4. The van der Waals surface area contributed by atoms with Gasteiger partial charge >= 0.3 is 6.18 Å². The van der Waals surface area contributed by atoms with Crippen LogP contribution >= 0.6 is 0 Å². The number of benzene rings is 2. The molecule has 14 heteroatoms. The molecule has 6 rings (SSSR count). The molecule has 0 saturated carbocycles. The molecule has 11 nitrogen and oxygen atoms in total. The highest BCUT2D eigenvalue weighted by Crippen LogP contribution is 2.44. The largest absolute Gasteiger partial charge is 0.467 e. The number of halogens is 3. The number of carbonyl (C=O) groups is 3. The fraction of sp³-hybridized carbons (Fsp3) is 0.511. The molecular weight excluding hydrogens is 762 g/mol. The molecule has 0 bridgehead atoms. The van der Waals surface area contributed by atoms with E-state index in [1.54, 1.807) is 23.3 Å². The third kappa shape index (κ3) is 10.5. The van der Waals surface area contributed by atoms with Crippen LogP contribution < -0.4 is 10.7 Å². The number of hydrogen-bond donors (Lipinski definition) is 2. The molecule has 2 aliphatic rings. The summed E-state index contributed by atoms with van der Waals surface area (Å²) in [4.78, 5) is 45.5. The second-order valence-electron chi connectivity index (χ2n) is 17.2. The van der Waals surface area contributed by atoms with Crippen LogP contribution in [0.2, 0.25) is 0 Å². The average molecular weight is 819 g/mol. The summed E-state index contributed by atoms with van der Waals surface area (Å²) in [6, 6.07) is 15.4. The summed E-state index contributed by atoms with van der Waals surface area (Å²) in [7, 11) is 3.69. The van der Waals surface area contributed by atoms with Crippen molar-refractivity contribution in [1.82, 2.24) is 30.2 Å². The molecule has 0 spiro atoms. The zero-order chi connectivity index (χ0) is 42.5. The van der Waals surface area contributed by atoms with Crippen molar-refractivity contribution in [2.24, 2.45) is 11.3 Å². The Balaban J connectivity index is 1.46. The molecule has 2 N–H and O–H groups in total. The predicted molar refractivity (Wildman–Crippen MR) is 221 cm³/mol. The Labute approximate surface area is 344 Å². The highest BCUT2D eigenvalue weighted by molar-refractivity contribution is 5.95. The summed E-state index contributed by atoms with van der Waals surface area (Å²) < 4.78 is 56.3. The number of carbonyl (C=O) groups excluding carboxylic acids is 3. The Kier molecular flexibility index (Phi) is 13.8. The van der Waals surface area contributed by atoms with E-state index in [0.29, 0.717) is 72.4 Å². The van der Waals surface area contributed by atoms with Crippen molar-refractivity contribution in [3.63, 3.8) is 0 Å². The lowest BCUT2D eigenvalue weighted by atomic mass is 9.84. The molecule has 0 radical (unpaired) electrons. The number of nitrogens with one attached hydrogen (secondary N) is 2. The molecule has 2 aromatic carbocycles. The third-order valence-corrected chi connectivity index (χ3v) is 11.2. The van der Waals surface area contributed by atoms with Gasteiger partial charge in [0.1, 0.15) is 18.7 Å². The van der Waals surface area contributed by atoms with Gasteiger partial charge in [-0.3, -0.25) is 29.3 Å². The van der Waals surface area contributed by atoms with E-state index >= 15 is 0 Å². The minimum atomic E-state index is -4.54. The summed E-state index contributed by atoms with van der Waals surface area (Å²) >= 11 is 0. The number of fused-ring (bicyclic) bond motifs is 1. The van der Waals surface area contributed by atoms with Crippen molar-refractivity contribution in [3.8, 4) is 22.4 Å². The lowest BCUT2D eigenvalue weighted by Gasteiger charge is -2.33. The summed E-state index contributed by atoms with van der Waals surface area (Å²) in [5.41, 5.74) is 7.56. The number of likely N-dealkylation sites (N-methyl/N-ethyl adjacent to an activating group) is 1. The van der Waals surface area contributed by atoms with Gasteiger partial charge in [-0.2, -0.15) is 13.2 Å². The molecule has 0 aliphatic carbocycles. The minimum Gasteiger partial charge on any atom is -0.467 e.